The van der Waals surface area contributed by atoms with Gasteiger partial charge in [-0.25, -0.2) is 0 Å². The smallest absolute Gasteiger partial charge is 0.228 e. The van der Waals surface area contributed by atoms with Crippen molar-refractivity contribution < 1.29 is 9.53 Å². The highest BCUT2D eigenvalue weighted by molar-refractivity contribution is 5.96. The summed E-state index contributed by atoms with van der Waals surface area (Å²) in [6.45, 7) is 1.24. The zero-order valence-corrected chi connectivity index (χ0v) is 13.2. The number of hydrogen-bond donors (Lipinski definition) is 1. The number of carbonyl (C=O) groups is 1. The molecular formula is C19H22N2O2. The molecule has 1 amide bonds. The van der Waals surface area contributed by atoms with Crippen LogP contribution in [0.25, 0.3) is 0 Å². The Kier molecular flexibility index (Phi) is 4.93. The van der Waals surface area contributed by atoms with Crippen molar-refractivity contribution in [3.63, 3.8) is 0 Å². The van der Waals surface area contributed by atoms with Crippen LogP contribution in [0, 0.1) is 0 Å². The van der Waals surface area contributed by atoms with Gasteiger partial charge in [-0.15, -0.1) is 0 Å². The van der Waals surface area contributed by atoms with Crippen molar-refractivity contribution in [2.24, 2.45) is 5.73 Å². The number of aryl methyl sites for hydroxylation is 1. The van der Waals surface area contributed by atoms with Gasteiger partial charge in [0.15, 0.2) is 0 Å². The Hall–Kier alpha value is -2.33. The predicted molar refractivity (Wildman–Crippen MR) is 91.6 cm³/mol. The second kappa shape index (κ2) is 7.29. The summed E-state index contributed by atoms with van der Waals surface area (Å²) in [5.41, 5.74) is 8.04. The van der Waals surface area contributed by atoms with Gasteiger partial charge in [-0.05, 0) is 30.5 Å². The molecule has 2 aromatic rings. The molecule has 0 spiro atoms. The number of carbonyl (C=O) groups excluding carboxylic acids is 1. The summed E-state index contributed by atoms with van der Waals surface area (Å²) >= 11 is 0. The fourth-order valence-corrected chi connectivity index (χ4v) is 2.84. The number of anilines is 1. The summed E-state index contributed by atoms with van der Waals surface area (Å²) < 4.78 is 5.82. The lowest BCUT2D eigenvalue weighted by Gasteiger charge is -2.17. The fraction of sp³-hybridized carbons (Fsp3) is 0.316. The van der Waals surface area contributed by atoms with Crippen LogP contribution in [0.5, 0.6) is 5.75 Å². The Bertz CT molecular complexity index is 657. The van der Waals surface area contributed by atoms with E-state index < -0.39 is 0 Å². The first kappa shape index (κ1) is 15.6. The van der Waals surface area contributed by atoms with E-state index in [0.717, 1.165) is 24.3 Å². The number of rotatable bonds is 6. The molecule has 3 rings (SSSR count). The molecule has 0 bridgehead atoms. The van der Waals surface area contributed by atoms with Gasteiger partial charge >= 0.3 is 0 Å². The third-order valence-electron chi connectivity index (χ3n) is 4.01. The summed E-state index contributed by atoms with van der Waals surface area (Å²) in [5.74, 6) is 0.877. The minimum atomic E-state index is -0.0713. The molecule has 120 valence electrons. The maximum absolute atomic E-state index is 11.9. The van der Waals surface area contributed by atoms with Gasteiger partial charge in [-0.3, -0.25) is 4.79 Å². The number of benzene rings is 2. The number of amides is 1. The third-order valence-corrected chi connectivity index (χ3v) is 4.01. The monoisotopic (exact) mass is 310 g/mol. The molecule has 0 saturated carbocycles. The molecule has 4 nitrogen and oxygen atoms in total. The van der Waals surface area contributed by atoms with Gasteiger partial charge in [-0.2, -0.15) is 0 Å². The Labute approximate surface area is 136 Å². The highest BCUT2D eigenvalue weighted by atomic mass is 16.5. The Morgan fingerprint density at radius 3 is 2.70 bits per heavy atom. The summed E-state index contributed by atoms with van der Waals surface area (Å²) in [6.07, 6.45) is 2.38. The van der Waals surface area contributed by atoms with E-state index in [4.69, 9.17) is 10.5 Å². The Balaban J connectivity index is 1.53. The van der Waals surface area contributed by atoms with E-state index in [1.165, 1.54) is 5.56 Å². The standard InChI is InChI=1S/C19H22N2O2/c20-16-12-19(22)21(14-16)17-9-4-10-18(13-17)23-11-5-8-15-6-2-1-3-7-15/h1-4,6-7,9-10,13,16H,5,8,11-12,14,20H2. The van der Waals surface area contributed by atoms with Crippen LogP contribution in [0.15, 0.2) is 54.6 Å². The molecule has 1 unspecified atom stereocenters. The van der Waals surface area contributed by atoms with Gasteiger partial charge in [0.05, 0.1) is 6.61 Å². The highest BCUT2D eigenvalue weighted by Gasteiger charge is 2.28. The first-order valence-corrected chi connectivity index (χ1v) is 8.05. The molecule has 1 atom stereocenters. The second-order valence-corrected chi connectivity index (χ2v) is 5.90. The molecule has 0 aromatic heterocycles. The van der Waals surface area contributed by atoms with Gasteiger partial charge in [0.1, 0.15) is 5.75 Å². The molecule has 1 aliphatic rings. The minimum Gasteiger partial charge on any atom is -0.494 e. The zero-order chi connectivity index (χ0) is 16.1. The Morgan fingerprint density at radius 2 is 1.96 bits per heavy atom. The molecule has 23 heavy (non-hydrogen) atoms. The quantitative estimate of drug-likeness (QED) is 0.835. The lowest BCUT2D eigenvalue weighted by atomic mass is 10.1. The molecule has 1 aliphatic heterocycles. The lowest BCUT2D eigenvalue weighted by molar-refractivity contribution is -0.117. The highest BCUT2D eigenvalue weighted by Crippen LogP contribution is 2.25. The van der Waals surface area contributed by atoms with Crippen LogP contribution in [0.2, 0.25) is 0 Å². The average molecular weight is 310 g/mol. The van der Waals surface area contributed by atoms with Crippen molar-refractivity contribution in [3.05, 3.63) is 60.2 Å². The van der Waals surface area contributed by atoms with Crippen LogP contribution in [-0.2, 0) is 11.2 Å². The van der Waals surface area contributed by atoms with E-state index in [1.807, 2.05) is 30.3 Å². The van der Waals surface area contributed by atoms with E-state index in [-0.39, 0.29) is 11.9 Å². The fourth-order valence-electron chi connectivity index (χ4n) is 2.84. The van der Waals surface area contributed by atoms with Crippen LogP contribution in [-0.4, -0.2) is 25.1 Å². The van der Waals surface area contributed by atoms with Crippen LogP contribution in [0.4, 0.5) is 5.69 Å². The Morgan fingerprint density at radius 1 is 1.13 bits per heavy atom. The molecule has 1 fully saturated rings. The topological polar surface area (TPSA) is 55.6 Å². The van der Waals surface area contributed by atoms with Gasteiger partial charge in [0.25, 0.3) is 0 Å². The van der Waals surface area contributed by atoms with Crippen molar-refractivity contribution >= 4 is 11.6 Å². The first-order chi connectivity index (χ1) is 11.2. The predicted octanol–water partition coefficient (Wildman–Crippen LogP) is 2.76. The van der Waals surface area contributed by atoms with Gasteiger partial charge < -0.3 is 15.4 Å². The maximum atomic E-state index is 11.9. The largest absolute Gasteiger partial charge is 0.494 e. The molecule has 4 heteroatoms. The number of nitrogens with zero attached hydrogens (tertiary/aromatic N) is 1. The van der Waals surface area contributed by atoms with Crippen LogP contribution in [0.3, 0.4) is 0 Å². The van der Waals surface area contributed by atoms with E-state index in [9.17, 15) is 4.79 Å². The van der Waals surface area contributed by atoms with Crippen molar-refractivity contribution in [1.29, 1.82) is 0 Å². The number of ether oxygens (including phenoxy) is 1. The van der Waals surface area contributed by atoms with Gasteiger partial charge in [-0.1, -0.05) is 36.4 Å². The molecule has 2 aromatic carbocycles. The van der Waals surface area contributed by atoms with Gasteiger partial charge in [0.2, 0.25) is 5.91 Å². The van der Waals surface area contributed by atoms with Crippen molar-refractivity contribution in [3.8, 4) is 5.75 Å². The molecular weight excluding hydrogens is 288 g/mol. The normalized spacial score (nSPS) is 17.5. The van der Waals surface area contributed by atoms with Crippen LogP contribution in [0.1, 0.15) is 18.4 Å². The summed E-state index contributed by atoms with van der Waals surface area (Å²) in [4.78, 5) is 13.7. The van der Waals surface area contributed by atoms with E-state index in [1.54, 1.807) is 4.90 Å². The zero-order valence-electron chi connectivity index (χ0n) is 13.2. The van der Waals surface area contributed by atoms with E-state index in [0.29, 0.717) is 19.6 Å². The lowest BCUT2D eigenvalue weighted by Crippen LogP contribution is -2.27. The first-order valence-electron chi connectivity index (χ1n) is 8.05. The van der Waals surface area contributed by atoms with Crippen LogP contribution >= 0.6 is 0 Å². The summed E-state index contributed by atoms with van der Waals surface area (Å²) in [7, 11) is 0. The number of nitrogens with two attached hydrogens (primary N) is 1. The number of hydrogen-bond acceptors (Lipinski definition) is 3. The average Bonchev–Trinajstić information content (AvgIpc) is 2.91. The third kappa shape index (κ3) is 4.11. The van der Waals surface area contributed by atoms with Crippen molar-refractivity contribution in [2.45, 2.75) is 25.3 Å². The van der Waals surface area contributed by atoms with Crippen molar-refractivity contribution in [1.82, 2.24) is 0 Å². The maximum Gasteiger partial charge on any atom is 0.228 e. The van der Waals surface area contributed by atoms with Crippen LogP contribution < -0.4 is 15.4 Å². The SMILES string of the molecule is NC1CC(=O)N(c2cccc(OCCCc3ccccc3)c2)C1. The van der Waals surface area contributed by atoms with Gasteiger partial charge in [0, 0.05) is 30.8 Å². The van der Waals surface area contributed by atoms with E-state index >= 15 is 0 Å². The molecule has 1 saturated heterocycles. The summed E-state index contributed by atoms with van der Waals surface area (Å²) in [6, 6.07) is 18.0. The van der Waals surface area contributed by atoms with E-state index in [2.05, 4.69) is 24.3 Å². The summed E-state index contributed by atoms with van der Waals surface area (Å²) in [5, 5.41) is 0. The van der Waals surface area contributed by atoms with Crippen molar-refractivity contribution in [2.75, 3.05) is 18.1 Å². The molecule has 0 aliphatic carbocycles. The second-order valence-electron chi connectivity index (χ2n) is 5.90. The molecule has 2 N–H and O–H groups in total. The molecule has 0 radical (unpaired) electrons. The molecule has 1 heterocycles. The minimum absolute atomic E-state index is 0.0713.